The number of nitrogens with zero attached hydrogens (tertiary/aromatic N) is 2. The SMILES string of the molecule is CCCC(C)=NN=C1NC(=O)[C@@H](CC(=O)Nc2ccc(Cl)cc2)S1. The van der Waals surface area contributed by atoms with Crippen LogP contribution in [0.4, 0.5) is 5.69 Å². The van der Waals surface area contributed by atoms with Crippen molar-refractivity contribution in [3.8, 4) is 0 Å². The van der Waals surface area contributed by atoms with Gasteiger partial charge in [0, 0.05) is 22.8 Å². The van der Waals surface area contributed by atoms with E-state index in [1.807, 2.05) is 6.92 Å². The number of hydrogen-bond donors (Lipinski definition) is 2. The minimum Gasteiger partial charge on any atom is -0.326 e. The van der Waals surface area contributed by atoms with E-state index in [1.165, 1.54) is 11.8 Å². The van der Waals surface area contributed by atoms with Crippen molar-refractivity contribution in [1.82, 2.24) is 5.32 Å². The van der Waals surface area contributed by atoms with Crippen molar-refractivity contribution in [2.24, 2.45) is 10.2 Å². The number of hydrogen-bond acceptors (Lipinski definition) is 5. The molecule has 1 aliphatic heterocycles. The van der Waals surface area contributed by atoms with Gasteiger partial charge in [0.05, 0.1) is 0 Å². The third-order valence-electron chi connectivity index (χ3n) is 3.20. The molecule has 1 heterocycles. The summed E-state index contributed by atoms with van der Waals surface area (Å²) in [4.78, 5) is 24.0. The Morgan fingerprint density at radius 1 is 1.38 bits per heavy atom. The summed E-state index contributed by atoms with van der Waals surface area (Å²) < 4.78 is 0. The fraction of sp³-hybridized carbons (Fsp3) is 0.375. The summed E-state index contributed by atoms with van der Waals surface area (Å²) in [6.07, 6.45) is 1.92. The van der Waals surface area contributed by atoms with Crippen molar-refractivity contribution in [1.29, 1.82) is 0 Å². The summed E-state index contributed by atoms with van der Waals surface area (Å²) in [6, 6.07) is 6.80. The van der Waals surface area contributed by atoms with E-state index >= 15 is 0 Å². The van der Waals surface area contributed by atoms with Gasteiger partial charge in [0.1, 0.15) is 5.25 Å². The first-order chi connectivity index (χ1) is 11.5. The van der Waals surface area contributed by atoms with Crippen LogP contribution in [0.2, 0.25) is 5.02 Å². The lowest BCUT2D eigenvalue weighted by atomic mass is 10.2. The summed E-state index contributed by atoms with van der Waals surface area (Å²) in [5, 5.41) is 14.0. The molecule has 2 rings (SSSR count). The maximum Gasteiger partial charge on any atom is 0.240 e. The van der Waals surface area contributed by atoms with E-state index in [-0.39, 0.29) is 18.2 Å². The monoisotopic (exact) mass is 366 g/mol. The van der Waals surface area contributed by atoms with Gasteiger partial charge in [-0.1, -0.05) is 36.7 Å². The largest absolute Gasteiger partial charge is 0.326 e. The van der Waals surface area contributed by atoms with Crippen molar-refractivity contribution in [3.05, 3.63) is 29.3 Å². The third kappa shape index (κ3) is 5.65. The Hall–Kier alpha value is -1.86. The molecule has 0 aliphatic carbocycles. The van der Waals surface area contributed by atoms with E-state index in [2.05, 4.69) is 27.8 Å². The van der Waals surface area contributed by atoms with Crippen LogP contribution in [0.25, 0.3) is 0 Å². The average molecular weight is 367 g/mol. The molecule has 128 valence electrons. The van der Waals surface area contributed by atoms with Crippen LogP contribution >= 0.6 is 23.4 Å². The lowest BCUT2D eigenvalue weighted by molar-refractivity contribution is -0.122. The Morgan fingerprint density at radius 2 is 2.08 bits per heavy atom. The molecule has 1 saturated heterocycles. The molecule has 8 heteroatoms. The van der Waals surface area contributed by atoms with Gasteiger partial charge < -0.3 is 10.6 Å². The molecule has 1 aliphatic rings. The van der Waals surface area contributed by atoms with E-state index < -0.39 is 5.25 Å². The lowest BCUT2D eigenvalue weighted by Crippen LogP contribution is -2.28. The fourth-order valence-electron chi connectivity index (χ4n) is 2.04. The molecule has 6 nitrogen and oxygen atoms in total. The third-order valence-corrected chi connectivity index (χ3v) is 4.52. The molecule has 0 aromatic heterocycles. The zero-order chi connectivity index (χ0) is 17.5. The molecule has 24 heavy (non-hydrogen) atoms. The summed E-state index contributed by atoms with van der Waals surface area (Å²) in [5.74, 6) is -0.467. The number of halogens is 1. The normalized spacial score (nSPS) is 19.5. The molecule has 1 aromatic carbocycles. The summed E-state index contributed by atoms with van der Waals surface area (Å²) in [6.45, 7) is 3.96. The van der Waals surface area contributed by atoms with E-state index in [4.69, 9.17) is 11.6 Å². The Bertz CT molecular complexity index is 673. The molecule has 1 fully saturated rings. The average Bonchev–Trinajstić information content (AvgIpc) is 2.88. The molecule has 2 amide bonds. The van der Waals surface area contributed by atoms with Gasteiger partial charge in [-0.2, -0.15) is 5.10 Å². The second kappa shape index (κ2) is 8.84. The molecule has 0 bridgehead atoms. The quantitative estimate of drug-likeness (QED) is 0.597. The highest BCUT2D eigenvalue weighted by atomic mass is 35.5. The minimum atomic E-state index is -0.502. The van der Waals surface area contributed by atoms with Crippen LogP contribution in [0.3, 0.4) is 0 Å². The topological polar surface area (TPSA) is 82.9 Å². The van der Waals surface area contributed by atoms with Crippen molar-refractivity contribution >= 4 is 51.7 Å². The molecule has 0 radical (unpaired) electrons. The summed E-state index contributed by atoms with van der Waals surface area (Å²) in [7, 11) is 0. The van der Waals surface area contributed by atoms with E-state index in [1.54, 1.807) is 24.3 Å². The van der Waals surface area contributed by atoms with Crippen LogP contribution in [0.5, 0.6) is 0 Å². The highest BCUT2D eigenvalue weighted by Crippen LogP contribution is 2.23. The first kappa shape index (κ1) is 18.5. The van der Waals surface area contributed by atoms with Crippen LogP contribution < -0.4 is 10.6 Å². The predicted octanol–water partition coefficient (Wildman–Crippen LogP) is 3.43. The van der Waals surface area contributed by atoms with Gasteiger partial charge in [0.25, 0.3) is 0 Å². The van der Waals surface area contributed by atoms with Gasteiger partial charge in [-0.25, -0.2) is 0 Å². The second-order valence-electron chi connectivity index (χ2n) is 5.35. The van der Waals surface area contributed by atoms with Gasteiger partial charge in [-0.3, -0.25) is 9.59 Å². The van der Waals surface area contributed by atoms with Crippen molar-refractivity contribution < 1.29 is 9.59 Å². The van der Waals surface area contributed by atoms with Gasteiger partial charge >= 0.3 is 0 Å². The summed E-state index contributed by atoms with van der Waals surface area (Å²) >= 11 is 7.02. The van der Waals surface area contributed by atoms with Crippen LogP contribution in [-0.2, 0) is 9.59 Å². The molecular formula is C16H19ClN4O2S. The number of thioether (sulfide) groups is 1. The molecule has 0 saturated carbocycles. The van der Waals surface area contributed by atoms with Crippen LogP contribution in [-0.4, -0.2) is 27.9 Å². The number of rotatable bonds is 6. The summed E-state index contributed by atoms with van der Waals surface area (Å²) in [5.41, 5.74) is 1.55. The van der Waals surface area contributed by atoms with Gasteiger partial charge in [0.15, 0.2) is 5.17 Å². The van der Waals surface area contributed by atoms with Crippen LogP contribution in [0, 0.1) is 0 Å². The number of nitrogens with one attached hydrogen (secondary N) is 2. The zero-order valence-electron chi connectivity index (χ0n) is 13.5. The Morgan fingerprint density at radius 3 is 2.75 bits per heavy atom. The number of carbonyl (C=O) groups excluding carboxylic acids is 2. The zero-order valence-corrected chi connectivity index (χ0v) is 15.1. The van der Waals surface area contributed by atoms with Crippen molar-refractivity contribution in [2.45, 2.75) is 38.4 Å². The van der Waals surface area contributed by atoms with Crippen LogP contribution in [0.15, 0.2) is 34.5 Å². The predicted molar refractivity (Wildman–Crippen MR) is 99.7 cm³/mol. The Labute approximate surface area is 150 Å². The van der Waals surface area contributed by atoms with Crippen molar-refractivity contribution in [2.75, 3.05) is 5.32 Å². The van der Waals surface area contributed by atoms with Crippen LogP contribution in [0.1, 0.15) is 33.1 Å². The van der Waals surface area contributed by atoms with Gasteiger partial charge in [-0.15, -0.1) is 5.10 Å². The first-order valence-corrected chi connectivity index (χ1v) is 8.87. The Kier molecular flexibility index (Phi) is 6.81. The fourth-order valence-corrected chi connectivity index (χ4v) is 3.09. The number of amidine groups is 1. The molecule has 0 spiro atoms. The molecular weight excluding hydrogens is 348 g/mol. The van der Waals surface area contributed by atoms with Crippen molar-refractivity contribution in [3.63, 3.8) is 0 Å². The minimum absolute atomic E-state index is 0.0653. The number of anilines is 1. The number of amides is 2. The number of carbonyl (C=O) groups is 2. The van der Waals surface area contributed by atoms with E-state index in [9.17, 15) is 9.59 Å². The highest BCUT2D eigenvalue weighted by Gasteiger charge is 2.32. The van der Waals surface area contributed by atoms with E-state index in [0.717, 1.165) is 18.6 Å². The second-order valence-corrected chi connectivity index (χ2v) is 6.97. The molecule has 2 N–H and O–H groups in total. The molecule has 1 atom stereocenters. The smallest absolute Gasteiger partial charge is 0.240 e. The lowest BCUT2D eigenvalue weighted by Gasteiger charge is -2.07. The highest BCUT2D eigenvalue weighted by molar-refractivity contribution is 8.15. The standard InChI is InChI=1S/C16H19ClN4O2S/c1-3-4-10(2)20-21-16-19-15(23)13(24-16)9-14(22)18-12-7-5-11(17)6-8-12/h5-8,13H,3-4,9H2,1-2H3,(H,18,22)(H,19,21,23)/t13-/m1/s1. The van der Waals surface area contributed by atoms with Gasteiger partial charge in [0.2, 0.25) is 11.8 Å². The maximum absolute atomic E-state index is 12.1. The molecule has 0 unspecified atom stereocenters. The number of benzene rings is 1. The molecule has 1 aromatic rings. The maximum atomic E-state index is 12.1. The van der Waals surface area contributed by atoms with E-state index in [0.29, 0.717) is 15.9 Å². The first-order valence-electron chi connectivity index (χ1n) is 7.62. The Balaban J connectivity index is 1.89. The van der Waals surface area contributed by atoms with Gasteiger partial charge in [-0.05, 0) is 37.6 Å².